The first-order valence-electron chi connectivity index (χ1n) is 7.81. The maximum Gasteiger partial charge on any atom is 0.243 e. The third-order valence-corrected chi connectivity index (χ3v) is 3.53. The summed E-state index contributed by atoms with van der Waals surface area (Å²) in [6.07, 6.45) is 0.00899. The number of nitrogens with one attached hydrogen (secondary N) is 2. The van der Waals surface area contributed by atoms with Gasteiger partial charge in [-0.2, -0.15) is 0 Å². The molecule has 2 amide bonds. The molecule has 0 bridgehead atoms. The summed E-state index contributed by atoms with van der Waals surface area (Å²) < 4.78 is 23.9. The Bertz CT molecular complexity index is 794. The van der Waals surface area contributed by atoms with Crippen LogP contribution in [0.25, 0.3) is 0 Å². The van der Waals surface area contributed by atoms with Crippen molar-refractivity contribution in [3.8, 4) is 11.5 Å². The minimum atomic E-state index is -0.401. The first-order valence-corrected chi connectivity index (χ1v) is 7.81. The third-order valence-electron chi connectivity index (χ3n) is 3.53. The Morgan fingerprint density at radius 1 is 1.00 bits per heavy atom. The molecule has 0 unspecified atom stereocenters. The molecule has 7 heteroatoms. The number of anilines is 1. The number of benzene rings is 2. The Labute approximate surface area is 143 Å². The van der Waals surface area contributed by atoms with E-state index in [1.807, 2.05) is 0 Å². The van der Waals surface area contributed by atoms with Crippen LogP contribution in [0.1, 0.15) is 5.56 Å². The topological polar surface area (TPSA) is 76.7 Å². The van der Waals surface area contributed by atoms with Gasteiger partial charge in [0.15, 0.2) is 11.5 Å². The highest BCUT2D eigenvalue weighted by molar-refractivity contribution is 5.95. The quantitative estimate of drug-likeness (QED) is 0.868. The predicted molar refractivity (Wildman–Crippen MR) is 89.2 cm³/mol. The van der Waals surface area contributed by atoms with Crippen LogP contribution >= 0.6 is 0 Å². The lowest BCUT2D eigenvalue weighted by atomic mass is 10.1. The molecule has 1 heterocycles. The molecule has 2 aromatic carbocycles. The molecule has 2 N–H and O–H groups in total. The van der Waals surface area contributed by atoms with Gasteiger partial charge in [0.2, 0.25) is 11.8 Å². The lowest BCUT2D eigenvalue weighted by Crippen LogP contribution is -2.33. The molecule has 6 nitrogen and oxygen atoms in total. The van der Waals surface area contributed by atoms with Crippen molar-refractivity contribution in [1.29, 1.82) is 0 Å². The smallest absolute Gasteiger partial charge is 0.243 e. The normalized spacial score (nSPS) is 12.4. The predicted octanol–water partition coefficient (Wildman–Crippen LogP) is 1.89. The Kier molecular flexibility index (Phi) is 5.13. The number of hydrogen-bond donors (Lipinski definition) is 2. The fourth-order valence-corrected chi connectivity index (χ4v) is 2.40. The van der Waals surface area contributed by atoms with Gasteiger partial charge in [0.1, 0.15) is 19.0 Å². The van der Waals surface area contributed by atoms with Crippen LogP contribution in [0, 0.1) is 5.82 Å². The second-order valence-corrected chi connectivity index (χ2v) is 5.49. The Hall–Kier alpha value is -3.09. The number of carbonyl (C=O) groups is 2. The second-order valence-electron chi connectivity index (χ2n) is 5.49. The Morgan fingerprint density at radius 3 is 2.60 bits per heavy atom. The Balaban J connectivity index is 1.48. The molecule has 1 aliphatic rings. The van der Waals surface area contributed by atoms with Crippen molar-refractivity contribution in [2.45, 2.75) is 6.42 Å². The maximum atomic E-state index is 13.1. The van der Waals surface area contributed by atoms with Gasteiger partial charge >= 0.3 is 0 Å². The highest BCUT2D eigenvalue weighted by atomic mass is 19.1. The van der Waals surface area contributed by atoms with Crippen LogP contribution in [-0.2, 0) is 16.0 Å². The number of halogens is 1. The molecule has 0 atom stereocenters. The highest BCUT2D eigenvalue weighted by Crippen LogP contribution is 2.32. The summed E-state index contributed by atoms with van der Waals surface area (Å²) in [5.74, 6) is 0.0701. The van der Waals surface area contributed by atoms with Crippen molar-refractivity contribution in [2.75, 3.05) is 25.1 Å². The van der Waals surface area contributed by atoms with Crippen molar-refractivity contribution in [2.24, 2.45) is 0 Å². The zero-order valence-corrected chi connectivity index (χ0v) is 13.4. The largest absolute Gasteiger partial charge is 0.486 e. The molecule has 0 aliphatic carbocycles. The van der Waals surface area contributed by atoms with Crippen LogP contribution in [0.3, 0.4) is 0 Å². The van der Waals surface area contributed by atoms with E-state index < -0.39 is 5.82 Å². The molecule has 25 heavy (non-hydrogen) atoms. The summed E-state index contributed by atoms with van der Waals surface area (Å²) in [5, 5.41) is 5.17. The lowest BCUT2D eigenvalue weighted by Gasteiger charge is -2.19. The number of fused-ring (bicyclic) bond motifs is 1. The van der Waals surface area contributed by atoms with Crippen molar-refractivity contribution < 1.29 is 23.5 Å². The van der Waals surface area contributed by atoms with E-state index in [-0.39, 0.29) is 24.8 Å². The van der Waals surface area contributed by atoms with E-state index in [2.05, 4.69) is 10.6 Å². The van der Waals surface area contributed by atoms with Gasteiger partial charge < -0.3 is 20.1 Å². The van der Waals surface area contributed by atoms with Gasteiger partial charge in [-0.1, -0.05) is 12.1 Å². The summed E-state index contributed by atoms with van der Waals surface area (Å²) in [7, 11) is 0. The minimum Gasteiger partial charge on any atom is -0.486 e. The van der Waals surface area contributed by atoms with Crippen molar-refractivity contribution in [1.82, 2.24) is 5.32 Å². The average molecular weight is 344 g/mol. The molecule has 0 spiro atoms. The van der Waals surface area contributed by atoms with Gasteiger partial charge in [0.05, 0.1) is 13.0 Å². The molecule has 1 aliphatic heterocycles. The van der Waals surface area contributed by atoms with Crippen LogP contribution < -0.4 is 20.1 Å². The zero-order chi connectivity index (χ0) is 17.6. The summed E-state index contributed by atoms with van der Waals surface area (Å²) in [5.41, 5.74) is 1.10. The highest BCUT2D eigenvalue weighted by Gasteiger charge is 2.13. The lowest BCUT2D eigenvalue weighted by molar-refractivity contribution is -0.123. The van der Waals surface area contributed by atoms with Crippen LogP contribution in [0.2, 0.25) is 0 Å². The van der Waals surface area contributed by atoms with Crippen molar-refractivity contribution >= 4 is 17.5 Å². The fourth-order valence-electron chi connectivity index (χ4n) is 2.40. The number of carbonyl (C=O) groups excluding carboxylic acids is 2. The average Bonchev–Trinajstić information content (AvgIpc) is 2.60. The first-order chi connectivity index (χ1) is 12.1. The molecule has 0 aromatic heterocycles. The van der Waals surface area contributed by atoms with Gasteiger partial charge in [0, 0.05) is 11.8 Å². The molecular weight excluding hydrogens is 327 g/mol. The summed E-state index contributed by atoms with van der Waals surface area (Å²) in [6, 6.07) is 10.9. The summed E-state index contributed by atoms with van der Waals surface area (Å²) in [6.45, 7) is 0.777. The molecule has 130 valence electrons. The zero-order valence-electron chi connectivity index (χ0n) is 13.4. The van der Waals surface area contributed by atoms with E-state index >= 15 is 0 Å². The molecule has 0 radical (unpaired) electrons. The van der Waals surface area contributed by atoms with Crippen LogP contribution in [0.4, 0.5) is 10.1 Å². The van der Waals surface area contributed by atoms with E-state index in [0.29, 0.717) is 36.0 Å². The van der Waals surface area contributed by atoms with Gasteiger partial charge in [-0.15, -0.1) is 0 Å². The molecule has 3 rings (SSSR count). The SMILES string of the molecule is O=C(Cc1cccc(F)c1)NCC(=O)Nc1ccc2c(c1)OCCO2. The van der Waals surface area contributed by atoms with Crippen LogP contribution in [-0.4, -0.2) is 31.6 Å². The van der Waals surface area contributed by atoms with Crippen LogP contribution in [0.15, 0.2) is 42.5 Å². The number of rotatable bonds is 5. The number of amides is 2. The molecule has 0 fully saturated rings. The maximum absolute atomic E-state index is 13.1. The van der Waals surface area contributed by atoms with E-state index in [0.717, 1.165) is 0 Å². The van der Waals surface area contributed by atoms with Gasteiger partial charge in [-0.3, -0.25) is 9.59 Å². The van der Waals surface area contributed by atoms with Gasteiger partial charge in [0.25, 0.3) is 0 Å². The second kappa shape index (κ2) is 7.65. The summed E-state index contributed by atoms with van der Waals surface area (Å²) >= 11 is 0. The summed E-state index contributed by atoms with van der Waals surface area (Å²) in [4.78, 5) is 23.8. The van der Waals surface area contributed by atoms with E-state index in [1.54, 1.807) is 24.3 Å². The monoisotopic (exact) mass is 344 g/mol. The minimum absolute atomic E-state index is 0.00899. The molecule has 0 saturated heterocycles. The van der Waals surface area contributed by atoms with Crippen molar-refractivity contribution in [3.63, 3.8) is 0 Å². The third kappa shape index (κ3) is 4.69. The first kappa shape index (κ1) is 16.8. The van der Waals surface area contributed by atoms with Crippen LogP contribution in [0.5, 0.6) is 11.5 Å². The van der Waals surface area contributed by atoms with Crippen molar-refractivity contribution in [3.05, 3.63) is 53.8 Å². The standard InChI is InChI=1S/C18H17FN2O4/c19-13-3-1-2-12(8-13)9-17(22)20-11-18(23)21-14-4-5-15-16(10-14)25-7-6-24-15/h1-5,8,10H,6-7,9,11H2,(H,20,22)(H,21,23). The Morgan fingerprint density at radius 2 is 1.80 bits per heavy atom. The van der Waals surface area contributed by atoms with E-state index in [1.165, 1.54) is 18.2 Å². The molecule has 2 aromatic rings. The van der Waals surface area contributed by atoms with E-state index in [4.69, 9.17) is 9.47 Å². The van der Waals surface area contributed by atoms with Gasteiger partial charge in [-0.05, 0) is 29.8 Å². The van der Waals surface area contributed by atoms with E-state index in [9.17, 15) is 14.0 Å². The number of ether oxygens (including phenoxy) is 2. The molecular formula is C18H17FN2O4. The number of hydrogen-bond acceptors (Lipinski definition) is 4. The molecule has 0 saturated carbocycles. The van der Waals surface area contributed by atoms with Gasteiger partial charge in [-0.25, -0.2) is 4.39 Å². The fraction of sp³-hybridized carbons (Fsp3) is 0.222.